The third-order valence-electron chi connectivity index (χ3n) is 4.22. The maximum absolute atomic E-state index is 12.8. The SMILES string of the molecule is Cc1ccc(NS(=O)(=O)c2cccc(C(=O)O)c2)cc1S(=O)(=O)Nc1ccc(Cl)cc1. The van der Waals surface area contributed by atoms with Crippen LogP contribution in [0.1, 0.15) is 15.9 Å². The summed E-state index contributed by atoms with van der Waals surface area (Å²) in [5.41, 5.74) is 0.502. The molecule has 0 aliphatic heterocycles. The number of aromatic carboxylic acids is 1. The van der Waals surface area contributed by atoms with Crippen LogP contribution >= 0.6 is 11.6 Å². The van der Waals surface area contributed by atoms with Crippen LogP contribution in [0.4, 0.5) is 11.4 Å². The summed E-state index contributed by atoms with van der Waals surface area (Å²) in [5, 5.41) is 9.51. The van der Waals surface area contributed by atoms with Crippen LogP contribution in [0.25, 0.3) is 0 Å². The van der Waals surface area contributed by atoms with Gasteiger partial charge in [0.15, 0.2) is 0 Å². The molecule has 31 heavy (non-hydrogen) atoms. The third-order valence-corrected chi connectivity index (χ3v) is 7.37. The number of aryl methyl sites for hydroxylation is 1. The minimum absolute atomic E-state index is 0.00260. The number of hydrogen-bond acceptors (Lipinski definition) is 5. The van der Waals surface area contributed by atoms with Crippen LogP contribution < -0.4 is 9.44 Å². The number of hydrogen-bond donors (Lipinski definition) is 3. The summed E-state index contributed by atoms with van der Waals surface area (Å²) in [4.78, 5) is 10.7. The van der Waals surface area contributed by atoms with E-state index in [1.165, 1.54) is 60.7 Å². The van der Waals surface area contributed by atoms with Gasteiger partial charge >= 0.3 is 5.97 Å². The predicted molar refractivity (Wildman–Crippen MR) is 118 cm³/mol. The van der Waals surface area contributed by atoms with Crippen LogP contribution in [0.2, 0.25) is 5.02 Å². The monoisotopic (exact) mass is 480 g/mol. The molecular weight excluding hydrogens is 464 g/mol. The number of nitrogens with one attached hydrogen (secondary N) is 2. The molecule has 0 saturated heterocycles. The molecule has 0 spiro atoms. The Morgan fingerprint density at radius 2 is 1.45 bits per heavy atom. The Hall–Kier alpha value is -3.08. The smallest absolute Gasteiger partial charge is 0.335 e. The van der Waals surface area contributed by atoms with Crippen molar-refractivity contribution in [2.75, 3.05) is 9.44 Å². The van der Waals surface area contributed by atoms with Crippen LogP contribution in [0.5, 0.6) is 0 Å². The average molecular weight is 481 g/mol. The molecule has 162 valence electrons. The van der Waals surface area contributed by atoms with Crippen molar-refractivity contribution >= 4 is 49.0 Å². The molecule has 3 rings (SSSR count). The lowest BCUT2D eigenvalue weighted by molar-refractivity contribution is 0.0696. The van der Waals surface area contributed by atoms with Gasteiger partial charge in [0.25, 0.3) is 20.0 Å². The first-order chi connectivity index (χ1) is 14.5. The highest BCUT2D eigenvalue weighted by Crippen LogP contribution is 2.25. The Kier molecular flexibility index (Phi) is 6.25. The second kappa shape index (κ2) is 8.58. The fourth-order valence-electron chi connectivity index (χ4n) is 2.69. The second-order valence-electron chi connectivity index (χ2n) is 6.53. The first-order valence-electron chi connectivity index (χ1n) is 8.73. The zero-order chi connectivity index (χ0) is 22.8. The zero-order valence-electron chi connectivity index (χ0n) is 16.0. The summed E-state index contributed by atoms with van der Waals surface area (Å²) in [6.45, 7) is 1.57. The highest BCUT2D eigenvalue weighted by atomic mass is 35.5. The molecule has 0 aliphatic carbocycles. The summed E-state index contributed by atoms with van der Waals surface area (Å²) in [6, 6.07) is 14.9. The Morgan fingerprint density at radius 3 is 2.10 bits per heavy atom. The van der Waals surface area contributed by atoms with Crippen LogP contribution in [0.3, 0.4) is 0 Å². The molecule has 0 aliphatic rings. The Balaban J connectivity index is 1.92. The number of carboxylic acid groups (broad SMARTS) is 1. The van der Waals surface area contributed by atoms with Crippen molar-refractivity contribution in [1.82, 2.24) is 0 Å². The van der Waals surface area contributed by atoms with E-state index in [9.17, 15) is 21.6 Å². The molecule has 0 atom stereocenters. The molecule has 0 aromatic heterocycles. The third kappa shape index (κ3) is 5.35. The highest BCUT2D eigenvalue weighted by molar-refractivity contribution is 7.93. The van der Waals surface area contributed by atoms with Crippen molar-refractivity contribution in [1.29, 1.82) is 0 Å². The molecule has 0 amide bonds. The Morgan fingerprint density at radius 1 is 0.839 bits per heavy atom. The number of carboxylic acids is 1. The molecule has 11 heteroatoms. The fourth-order valence-corrected chi connectivity index (χ4v) is 5.24. The molecule has 0 saturated carbocycles. The van der Waals surface area contributed by atoms with Crippen molar-refractivity contribution in [3.05, 3.63) is 82.9 Å². The van der Waals surface area contributed by atoms with E-state index in [1.807, 2.05) is 0 Å². The van der Waals surface area contributed by atoms with Crippen molar-refractivity contribution in [3.8, 4) is 0 Å². The standard InChI is InChI=1S/C20H17ClN2O6S2/c1-13-5-8-17(23-30(26,27)18-4-2-3-14(11-18)20(24)25)12-19(13)31(28,29)22-16-9-6-15(21)7-10-16/h2-12,22-23H,1H3,(H,24,25). The van der Waals surface area contributed by atoms with Gasteiger partial charge in [0.2, 0.25) is 0 Å². The van der Waals surface area contributed by atoms with E-state index in [1.54, 1.807) is 6.92 Å². The average Bonchev–Trinajstić information content (AvgIpc) is 2.71. The summed E-state index contributed by atoms with van der Waals surface area (Å²) in [6.07, 6.45) is 0. The Bertz CT molecular complexity index is 1350. The predicted octanol–water partition coefficient (Wildman–Crippen LogP) is 3.95. The number of carbonyl (C=O) groups is 1. The molecular formula is C20H17ClN2O6S2. The first kappa shape index (κ1) is 22.6. The van der Waals surface area contributed by atoms with Gasteiger partial charge in [0, 0.05) is 10.7 Å². The molecule has 3 N–H and O–H groups in total. The summed E-state index contributed by atoms with van der Waals surface area (Å²) in [7, 11) is -8.17. The summed E-state index contributed by atoms with van der Waals surface area (Å²) < 4.78 is 55.7. The number of rotatable bonds is 7. The van der Waals surface area contributed by atoms with Gasteiger partial charge in [-0.25, -0.2) is 21.6 Å². The number of benzene rings is 3. The molecule has 0 radical (unpaired) electrons. The van der Waals surface area contributed by atoms with Crippen LogP contribution in [-0.4, -0.2) is 27.9 Å². The van der Waals surface area contributed by atoms with Gasteiger partial charge in [-0.1, -0.05) is 23.7 Å². The highest BCUT2D eigenvalue weighted by Gasteiger charge is 2.21. The minimum atomic E-state index is -4.15. The minimum Gasteiger partial charge on any atom is -0.478 e. The fraction of sp³-hybridized carbons (Fsp3) is 0.0500. The van der Waals surface area contributed by atoms with Gasteiger partial charge < -0.3 is 5.11 Å². The topological polar surface area (TPSA) is 130 Å². The van der Waals surface area contributed by atoms with Gasteiger partial charge in [-0.15, -0.1) is 0 Å². The second-order valence-corrected chi connectivity index (χ2v) is 10.3. The summed E-state index contributed by atoms with van der Waals surface area (Å²) >= 11 is 5.81. The number of halogens is 1. The van der Waals surface area contributed by atoms with E-state index in [2.05, 4.69) is 9.44 Å². The van der Waals surface area contributed by atoms with Gasteiger partial charge in [-0.3, -0.25) is 9.44 Å². The van der Waals surface area contributed by atoms with Crippen LogP contribution in [0.15, 0.2) is 76.5 Å². The zero-order valence-corrected chi connectivity index (χ0v) is 18.4. The quantitative estimate of drug-likeness (QED) is 0.469. The lowest BCUT2D eigenvalue weighted by atomic mass is 10.2. The number of sulfonamides is 2. The molecule has 0 heterocycles. The largest absolute Gasteiger partial charge is 0.478 e. The van der Waals surface area contributed by atoms with Crippen molar-refractivity contribution in [2.24, 2.45) is 0 Å². The van der Waals surface area contributed by atoms with Crippen molar-refractivity contribution in [2.45, 2.75) is 16.7 Å². The van der Waals surface area contributed by atoms with E-state index >= 15 is 0 Å². The lowest BCUT2D eigenvalue weighted by Crippen LogP contribution is -2.17. The maximum atomic E-state index is 12.8. The maximum Gasteiger partial charge on any atom is 0.335 e. The molecule has 0 fully saturated rings. The van der Waals surface area contributed by atoms with Crippen molar-refractivity contribution < 1.29 is 26.7 Å². The normalized spacial score (nSPS) is 11.7. The molecule has 3 aromatic rings. The van der Waals surface area contributed by atoms with E-state index in [-0.39, 0.29) is 21.0 Å². The van der Waals surface area contributed by atoms with Gasteiger partial charge in [-0.2, -0.15) is 0 Å². The van der Waals surface area contributed by atoms with E-state index < -0.39 is 26.0 Å². The van der Waals surface area contributed by atoms with Crippen LogP contribution in [-0.2, 0) is 20.0 Å². The van der Waals surface area contributed by atoms with Gasteiger partial charge in [0.05, 0.1) is 21.0 Å². The van der Waals surface area contributed by atoms with E-state index in [0.29, 0.717) is 16.3 Å². The van der Waals surface area contributed by atoms with Crippen molar-refractivity contribution in [3.63, 3.8) is 0 Å². The van der Waals surface area contributed by atoms with Crippen LogP contribution in [0, 0.1) is 6.92 Å². The first-order valence-corrected chi connectivity index (χ1v) is 12.1. The Labute approximate surface area is 184 Å². The van der Waals surface area contributed by atoms with Gasteiger partial charge in [0.1, 0.15) is 0 Å². The molecule has 0 bridgehead atoms. The van der Waals surface area contributed by atoms with E-state index in [0.717, 1.165) is 6.07 Å². The van der Waals surface area contributed by atoms with Gasteiger partial charge in [-0.05, 0) is 67.1 Å². The molecule has 8 nitrogen and oxygen atoms in total. The summed E-state index contributed by atoms with van der Waals surface area (Å²) in [5.74, 6) is -1.27. The molecule has 0 unspecified atom stereocenters. The lowest BCUT2D eigenvalue weighted by Gasteiger charge is -2.14. The molecule has 3 aromatic carbocycles. The van der Waals surface area contributed by atoms with E-state index in [4.69, 9.17) is 16.7 Å². The number of anilines is 2.